The van der Waals surface area contributed by atoms with Crippen LogP contribution in [0.25, 0.3) is 12.2 Å². The van der Waals surface area contributed by atoms with E-state index in [1.807, 2.05) is 13.0 Å². The SMILES string of the molecule is CCCOc1ccc(/C=C(/C#N)C(=O)Oc2ccc(/C=C/[N+](=O)[O-])cc2OC)cc1. The Morgan fingerprint density at radius 2 is 1.87 bits per heavy atom. The maximum absolute atomic E-state index is 12.4. The normalized spacial score (nSPS) is 11.0. The molecule has 154 valence electrons. The van der Waals surface area contributed by atoms with Crippen molar-refractivity contribution in [2.24, 2.45) is 0 Å². The van der Waals surface area contributed by atoms with E-state index in [0.717, 1.165) is 12.6 Å². The van der Waals surface area contributed by atoms with E-state index in [4.69, 9.17) is 14.2 Å². The molecule has 0 spiro atoms. The maximum Gasteiger partial charge on any atom is 0.354 e. The van der Waals surface area contributed by atoms with Crippen molar-refractivity contribution in [2.75, 3.05) is 13.7 Å². The lowest BCUT2D eigenvalue weighted by molar-refractivity contribution is -0.400. The van der Waals surface area contributed by atoms with Crippen molar-refractivity contribution < 1.29 is 23.9 Å². The number of esters is 1. The molecule has 0 N–H and O–H groups in total. The minimum atomic E-state index is -0.851. The fourth-order valence-corrected chi connectivity index (χ4v) is 2.36. The summed E-state index contributed by atoms with van der Waals surface area (Å²) in [5, 5.41) is 19.8. The fourth-order valence-electron chi connectivity index (χ4n) is 2.36. The molecule has 30 heavy (non-hydrogen) atoms. The van der Waals surface area contributed by atoms with E-state index in [2.05, 4.69) is 0 Å². The predicted molar refractivity (Wildman–Crippen MR) is 110 cm³/mol. The molecule has 0 heterocycles. The minimum absolute atomic E-state index is 0.0882. The highest BCUT2D eigenvalue weighted by molar-refractivity contribution is 5.99. The summed E-state index contributed by atoms with van der Waals surface area (Å²) in [5.74, 6) is 0.135. The molecule has 0 aromatic heterocycles. The first kappa shape index (κ1) is 22.2. The van der Waals surface area contributed by atoms with Crippen LogP contribution in [0.15, 0.2) is 54.2 Å². The topological polar surface area (TPSA) is 112 Å². The molecule has 0 radical (unpaired) electrons. The van der Waals surface area contributed by atoms with Crippen LogP contribution in [-0.2, 0) is 4.79 Å². The molecule has 2 aromatic rings. The number of ether oxygens (including phenoxy) is 3. The van der Waals surface area contributed by atoms with E-state index < -0.39 is 10.9 Å². The second kappa shape index (κ2) is 11.0. The average Bonchev–Trinajstić information content (AvgIpc) is 2.75. The number of methoxy groups -OCH3 is 1. The Bertz CT molecular complexity index is 1000. The summed E-state index contributed by atoms with van der Waals surface area (Å²) < 4.78 is 16.0. The molecule has 0 aliphatic rings. The Balaban J connectivity index is 2.17. The van der Waals surface area contributed by atoms with Crippen molar-refractivity contribution in [3.8, 4) is 23.3 Å². The van der Waals surface area contributed by atoms with Crippen LogP contribution in [0.1, 0.15) is 24.5 Å². The lowest BCUT2D eigenvalue weighted by atomic mass is 10.1. The minimum Gasteiger partial charge on any atom is -0.494 e. The highest BCUT2D eigenvalue weighted by Crippen LogP contribution is 2.29. The monoisotopic (exact) mass is 408 g/mol. The van der Waals surface area contributed by atoms with Crippen molar-refractivity contribution in [1.82, 2.24) is 0 Å². The number of nitriles is 1. The van der Waals surface area contributed by atoms with Gasteiger partial charge in [-0.25, -0.2) is 4.79 Å². The summed E-state index contributed by atoms with van der Waals surface area (Å²) in [6.07, 6.45) is 4.37. The van der Waals surface area contributed by atoms with Crippen LogP contribution in [0.4, 0.5) is 0 Å². The van der Waals surface area contributed by atoms with Gasteiger partial charge in [-0.1, -0.05) is 25.1 Å². The van der Waals surface area contributed by atoms with Gasteiger partial charge in [0.05, 0.1) is 18.6 Å². The van der Waals surface area contributed by atoms with Gasteiger partial charge in [0.25, 0.3) is 0 Å². The summed E-state index contributed by atoms with van der Waals surface area (Å²) in [4.78, 5) is 22.3. The van der Waals surface area contributed by atoms with Crippen LogP contribution in [0.5, 0.6) is 17.2 Å². The molecule has 0 fully saturated rings. The number of carbonyl (C=O) groups is 1. The van der Waals surface area contributed by atoms with E-state index in [1.54, 1.807) is 24.3 Å². The highest BCUT2D eigenvalue weighted by Gasteiger charge is 2.15. The van der Waals surface area contributed by atoms with Gasteiger partial charge in [0, 0.05) is 6.08 Å². The second-order valence-corrected chi connectivity index (χ2v) is 5.99. The number of nitrogens with zero attached hydrogens (tertiary/aromatic N) is 2. The molecule has 0 unspecified atom stereocenters. The third kappa shape index (κ3) is 6.49. The summed E-state index contributed by atoms with van der Waals surface area (Å²) >= 11 is 0. The zero-order valence-corrected chi connectivity index (χ0v) is 16.5. The van der Waals surface area contributed by atoms with Gasteiger partial charge in [-0.3, -0.25) is 10.1 Å². The molecule has 0 bridgehead atoms. The van der Waals surface area contributed by atoms with Gasteiger partial charge in [0.2, 0.25) is 6.20 Å². The zero-order chi connectivity index (χ0) is 21.9. The lowest BCUT2D eigenvalue weighted by Gasteiger charge is -2.09. The maximum atomic E-state index is 12.4. The Morgan fingerprint density at radius 1 is 1.17 bits per heavy atom. The molecular formula is C22H20N2O6. The van der Waals surface area contributed by atoms with Gasteiger partial charge < -0.3 is 14.2 Å². The van der Waals surface area contributed by atoms with Crippen LogP contribution in [0.2, 0.25) is 0 Å². The third-order valence-electron chi connectivity index (χ3n) is 3.78. The molecule has 8 nitrogen and oxygen atoms in total. The summed E-state index contributed by atoms with van der Waals surface area (Å²) in [7, 11) is 1.37. The van der Waals surface area contributed by atoms with Crippen LogP contribution >= 0.6 is 0 Å². The number of benzene rings is 2. The summed E-state index contributed by atoms with van der Waals surface area (Å²) in [6, 6.07) is 13.2. The van der Waals surface area contributed by atoms with E-state index in [9.17, 15) is 20.2 Å². The molecular weight excluding hydrogens is 388 g/mol. The Kier molecular flexibility index (Phi) is 8.15. The van der Waals surface area contributed by atoms with E-state index in [1.165, 1.54) is 37.5 Å². The van der Waals surface area contributed by atoms with Gasteiger partial charge in [-0.05, 0) is 47.9 Å². The predicted octanol–water partition coefficient (Wildman–Crippen LogP) is 4.24. The number of hydrogen-bond donors (Lipinski definition) is 0. The molecule has 0 saturated heterocycles. The highest BCUT2D eigenvalue weighted by atomic mass is 16.6. The van der Waals surface area contributed by atoms with Crippen molar-refractivity contribution in [2.45, 2.75) is 13.3 Å². The van der Waals surface area contributed by atoms with E-state index >= 15 is 0 Å². The number of hydrogen-bond acceptors (Lipinski definition) is 7. The molecule has 0 aliphatic carbocycles. The third-order valence-corrected chi connectivity index (χ3v) is 3.78. The second-order valence-electron chi connectivity index (χ2n) is 5.99. The molecule has 0 aliphatic heterocycles. The van der Waals surface area contributed by atoms with Gasteiger partial charge in [-0.2, -0.15) is 5.26 Å². The van der Waals surface area contributed by atoms with Crippen molar-refractivity contribution in [3.05, 3.63) is 75.5 Å². The fraction of sp³-hybridized carbons (Fsp3) is 0.182. The van der Waals surface area contributed by atoms with Crippen molar-refractivity contribution in [3.63, 3.8) is 0 Å². The van der Waals surface area contributed by atoms with Crippen LogP contribution in [0.3, 0.4) is 0 Å². The Hall–Kier alpha value is -4.12. The zero-order valence-electron chi connectivity index (χ0n) is 16.5. The number of nitro groups is 1. The van der Waals surface area contributed by atoms with Gasteiger partial charge in [-0.15, -0.1) is 0 Å². The van der Waals surface area contributed by atoms with Crippen LogP contribution in [-0.4, -0.2) is 24.6 Å². The molecule has 0 saturated carbocycles. The molecule has 0 amide bonds. The summed E-state index contributed by atoms with van der Waals surface area (Å²) in [6.45, 7) is 2.61. The van der Waals surface area contributed by atoms with Gasteiger partial charge >= 0.3 is 5.97 Å². The molecule has 8 heteroatoms. The summed E-state index contributed by atoms with van der Waals surface area (Å²) in [5.41, 5.74) is 0.931. The van der Waals surface area contributed by atoms with Gasteiger partial charge in [0.1, 0.15) is 17.4 Å². The van der Waals surface area contributed by atoms with Gasteiger partial charge in [0.15, 0.2) is 11.5 Å². The molecule has 2 rings (SSSR count). The lowest BCUT2D eigenvalue weighted by Crippen LogP contribution is -2.11. The molecule has 0 atom stereocenters. The first-order valence-electron chi connectivity index (χ1n) is 9.03. The largest absolute Gasteiger partial charge is 0.494 e. The number of rotatable bonds is 9. The Morgan fingerprint density at radius 3 is 2.47 bits per heavy atom. The number of carbonyl (C=O) groups excluding carboxylic acids is 1. The average molecular weight is 408 g/mol. The standard InChI is InChI=1S/C22H20N2O6/c1-3-12-29-19-7-4-16(5-8-19)13-18(15-23)22(25)30-20-9-6-17(10-11-24(26)27)14-21(20)28-2/h4-11,13-14H,3,12H2,1-2H3/b11-10+,18-13-. The molecule has 2 aromatic carbocycles. The van der Waals surface area contributed by atoms with Crippen LogP contribution in [0, 0.1) is 21.4 Å². The van der Waals surface area contributed by atoms with E-state index in [0.29, 0.717) is 23.5 Å². The van der Waals surface area contributed by atoms with Crippen molar-refractivity contribution in [1.29, 1.82) is 5.26 Å². The smallest absolute Gasteiger partial charge is 0.354 e. The van der Waals surface area contributed by atoms with Crippen LogP contribution < -0.4 is 14.2 Å². The quantitative estimate of drug-likeness (QED) is 0.152. The van der Waals surface area contributed by atoms with E-state index in [-0.39, 0.29) is 17.1 Å². The Labute approximate surface area is 173 Å². The first-order chi connectivity index (χ1) is 14.5. The van der Waals surface area contributed by atoms with Crippen molar-refractivity contribution >= 4 is 18.1 Å². The first-order valence-corrected chi connectivity index (χ1v) is 9.03.